The third-order valence-corrected chi connectivity index (χ3v) is 0.490. The third-order valence-electron chi connectivity index (χ3n) is 0.490. The van der Waals surface area contributed by atoms with Crippen molar-refractivity contribution in [2.24, 2.45) is 0 Å². The smallest absolute Gasteiger partial charge is 0.0639 e. The lowest BCUT2D eigenvalue weighted by Crippen LogP contribution is -2.18. The Kier molecular flexibility index (Phi) is 7.88. The molecular formula is C5H11NO2. The predicted molar refractivity (Wildman–Crippen MR) is 30.4 cm³/mol. The molecule has 0 radical (unpaired) electrons. The van der Waals surface area contributed by atoms with Gasteiger partial charge in [0.15, 0.2) is 0 Å². The first-order valence-electron chi connectivity index (χ1n) is 2.15. The first kappa shape index (κ1) is 10.2. The molecule has 0 saturated heterocycles. The van der Waals surface area contributed by atoms with Crippen molar-refractivity contribution >= 4 is 5.97 Å². The number of hydrogen-bond acceptors (Lipinski definition) is 2. The Hall–Kier alpha value is -0.830. The van der Waals surface area contributed by atoms with Crippen LogP contribution in [0.1, 0.15) is 13.3 Å². The van der Waals surface area contributed by atoms with Crippen molar-refractivity contribution in [3.63, 3.8) is 0 Å². The van der Waals surface area contributed by atoms with Crippen molar-refractivity contribution in [1.29, 1.82) is 0 Å². The zero-order valence-electron chi connectivity index (χ0n) is 5.18. The lowest BCUT2D eigenvalue weighted by molar-refractivity contribution is -0.297. The largest absolute Gasteiger partial charge is 0.545 e. The van der Waals surface area contributed by atoms with E-state index in [2.05, 4.69) is 0 Å². The molecule has 0 aromatic rings. The summed E-state index contributed by atoms with van der Waals surface area (Å²) in [6.07, 6.45) is 3.31. The third kappa shape index (κ3) is 8.95. The summed E-state index contributed by atoms with van der Waals surface area (Å²) in [6.45, 7) is 1.86. The highest BCUT2D eigenvalue weighted by atomic mass is 16.4. The van der Waals surface area contributed by atoms with Crippen molar-refractivity contribution in [1.82, 2.24) is 6.15 Å². The first-order valence-corrected chi connectivity index (χ1v) is 2.15. The monoisotopic (exact) mass is 117 g/mol. The van der Waals surface area contributed by atoms with Crippen LogP contribution in [0.4, 0.5) is 0 Å². The van der Waals surface area contributed by atoms with Gasteiger partial charge in [-0.2, -0.15) is 0 Å². The predicted octanol–water partition coefficient (Wildman–Crippen LogP) is 0.0787. The summed E-state index contributed by atoms with van der Waals surface area (Å²) >= 11 is 0. The van der Waals surface area contributed by atoms with Crippen LogP contribution in [-0.2, 0) is 4.79 Å². The van der Waals surface area contributed by atoms with E-state index >= 15 is 0 Å². The fourth-order valence-electron chi connectivity index (χ4n) is 0.214. The van der Waals surface area contributed by atoms with Crippen molar-refractivity contribution in [3.05, 3.63) is 12.2 Å². The molecule has 0 rings (SSSR count). The molecule has 0 heterocycles. The van der Waals surface area contributed by atoms with Crippen LogP contribution in [-0.4, -0.2) is 5.97 Å². The quantitative estimate of drug-likeness (QED) is 0.520. The number of hydrogen-bond donors (Lipinski definition) is 1. The van der Waals surface area contributed by atoms with Gasteiger partial charge in [0.2, 0.25) is 0 Å². The summed E-state index contributed by atoms with van der Waals surface area (Å²) < 4.78 is 0. The summed E-state index contributed by atoms with van der Waals surface area (Å²) in [5, 5.41) is 9.56. The second kappa shape index (κ2) is 6.17. The Labute approximate surface area is 48.6 Å². The van der Waals surface area contributed by atoms with Gasteiger partial charge < -0.3 is 16.1 Å². The first-order chi connectivity index (χ1) is 3.27. The second-order valence-electron chi connectivity index (χ2n) is 1.13. The molecule has 0 saturated carbocycles. The van der Waals surface area contributed by atoms with Crippen LogP contribution in [0.15, 0.2) is 12.2 Å². The van der Waals surface area contributed by atoms with Gasteiger partial charge in [0, 0.05) is 0 Å². The maximum atomic E-state index is 9.56. The summed E-state index contributed by atoms with van der Waals surface area (Å²) in [6, 6.07) is 0. The summed E-state index contributed by atoms with van der Waals surface area (Å²) in [7, 11) is 0. The van der Waals surface area contributed by atoms with Crippen LogP contribution < -0.4 is 11.3 Å². The fourth-order valence-corrected chi connectivity index (χ4v) is 0.214. The minimum absolute atomic E-state index is 0. The molecule has 0 spiro atoms. The molecule has 0 aliphatic heterocycles. The molecule has 48 valence electrons. The van der Waals surface area contributed by atoms with Crippen molar-refractivity contribution in [2.75, 3.05) is 0 Å². The molecule has 8 heavy (non-hydrogen) atoms. The summed E-state index contributed by atoms with van der Waals surface area (Å²) in [4.78, 5) is 9.56. The Morgan fingerprint density at radius 2 is 2.25 bits per heavy atom. The van der Waals surface area contributed by atoms with Gasteiger partial charge in [-0.25, -0.2) is 0 Å². The number of carbonyl (C=O) groups excluding carboxylic acids is 1. The van der Waals surface area contributed by atoms with Crippen LogP contribution in [0, 0.1) is 0 Å². The highest BCUT2D eigenvalue weighted by Gasteiger charge is 1.66. The van der Waals surface area contributed by atoms with E-state index in [1.54, 1.807) is 0 Å². The van der Waals surface area contributed by atoms with E-state index in [0.29, 0.717) is 0 Å². The molecular weight excluding hydrogens is 106 g/mol. The highest BCUT2D eigenvalue weighted by molar-refractivity contribution is 5.77. The van der Waals surface area contributed by atoms with Crippen LogP contribution >= 0.6 is 0 Å². The molecule has 4 N–H and O–H groups in total. The van der Waals surface area contributed by atoms with Gasteiger partial charge in [0.25, 0.3) is 0 Å². The maximum absolute atomic E-state index is 9.56. The van der Waals surface area contributed by atoms with Gasteiger partial charge in [-0.3, -0.25) is 0 Å². The van der Waals surface area contributed by atoms with Gasteiger partial charge in [-0.05, 0) is 12.5 Å². The Morgan fingerprint density at radius 3 is 2.38 bits per heavy atom. The van der Waals surface area contributed by atoms with E-state index < -0.39 is 5.97 Å². The highest BCUT2D eigenvalue weighted by Crippen LogP contribution is 1.75. The average molecular weight is 117 g/mol. The zero-order chi connectivity index (χ0) is 5.70. The van der Waals surface area contributed by atoms with Gasteiger partial charge in [0.05, 0.1) is 5.97 Å². The van der Waals surface area contributed by atoms with E-state index in [1.165, 1.54) is 6.08 Å². The number of carbonyl (C=O) groups is 1. The molecule has 0 aromatic carbocycles. The number of carboxylic acid groups (broad SMARTS) is 1. The average Bonchev–Trinajstić information content (AvgIpc) is 1.61. The molecule has 0 aliphatic carbocycles. The minimum atomic E-state index is -1.12. The van der Waals surface area contributed by atoms with Gasteiger partial charge >= 0.3 is 0 Å². The summed E-state index contributed by atoms with van der Waals surface area (Å²) in [5.41, 5.74) is 0. The maximum Gasteiger partial charge on any atom is 0.0639 e. The molecule has 0 bridgehead atoms. The van der Waals surface area contributed by atoms with Gasteiger partial charge in [-0.1, -0.05) is 13.0 Å². The van der Waals surface area contributed by atoms with Crippen molar-refractivity contribution < 1.29 is 9.90 Å². The second-order valence-corrected chi connectivity index (χ2v) is 1.13. The van der Waals surface area contributed by atoms with Gasteiger partial charge in [-0.15, -0.1) is 0 Å². The number of rotatable bonds is 2. The van der Waals surface area contributed by atoms with Crippen molar-refractivity contribution in [2.45, 2.75) is 13.3 Å². The molecule has 0 unspecified atom stereocenters. The molecule has 0 amide bonds. The SMILES string of the molecule is CCC=CC(=O)[O-].[NH4+]. The van der Waals surface area contributed by atoms with E-state index in [-0.39, 0.29) is 6.15 Å². The van der Waals surface area contributed by atoms with E-state index in [4.69, 9.17) is 0 Å². The van der Waals surface area contributed by atoms with E-state index in [0.717, 1.165) is 12.5 Å². The normalized spacial score (nSPS) is 8.62. The number of carboxylic acids is 1. The molecule has 0 aliphatic rings. The zero-order valence-corrected chi connectivity index (χ0v) is 5.18. The molecule has 3 heteroatoms. The topological polar surface area (TPSA) is 76.6 Å². The molecule has 3 nitrogen and oxygen atoms in total. The molecule has 0 aromatic heterocycles. The van der Waals surface area contributed by atoms with Crippen molar-refractivity contribution in [3.8, 4) is 0 Å². The number of allylic oxidation sites excluding steroid dienone is 1. The van der Waals surface area contributed by atoms with E-state index in [9.17, 15) is 9.90 Å². The number of aliphatic carboxylic acids is 1. The lowest BCUT2D eigenvalue weighted by atomic mass is 10.4. The van der Waals surface area contributed by atoms with Gasteiger partial charge in [0.1, 0.15) is 0 Å². The standard InChI is InChI=1S/C5H8O2.H3N/c1-2-3-4-5(6)7;/h3-4H,2H2,1H3,(H,6,7);1H3. The van der Waals surface area contributed by atoms with Crippen LogP contribution in [0.5, 0.6) is 0 Å². The Balaban J connectivity index is 0. The lowest BCUT2D eigenvalue weighted by Gasteiger charge is -1.85. The molecule has 0 fully saturated rings. The van der Waals surface area contributed by atoms with Crippen LogP contribution in [0.2, 0.25) is 0 Å². The minimum Gasteiger partial charge on any atom is -0.545 e. The Bertz CT molecular complexity index is 88.4. The molecule has 0 atom stereocenters. The van der Waals surface area contributed by atoms with E-state index in [1.807, 2.05) is 6.92 Å². The van der Waals surface area contributed by atoms with Crippen LogP contribution in [0.3, 0.4) is 0 Å². The number of quaternary nitrogens is 1. The van der Waals surface area contributed by atoms with Crippen LogP contribution in [0.25, 0.3) is 0 Å². The fraction of sp³-hybridized carbons (Fsp3) is 0.400. The Morgan fingerprint density at radius 1 is 1.75 bits per heavy atom. The summed E-state index contributed by atoms with van der Waals surface area (Å²) in [5.74, 6) is -1.12.